The van der Waals surface area contributed by atoms with Gasteiger partial charge in [-0.15, -0.1) is 0 Å². The van der Waals surface area contributed by atoms with E-state index in [0.717, 1.165) is 27.5 Å². The Morgan fingerprint density at radius 1 is 1.06 bits per heavy atom. The number of aromatic hydroxyl groups is 1. The minimum atomic E-state index is -0.428. The maximum atomic E-state index is 11.6. The van der Waals surface area contributed by atoms with Crippen molar-refractivity contribution < 1.29 is 14.6 Å². The summed E-state index contributed by atoms with van der Waals surface area (Å²) >= 11 is 0. The van der Waals surface area contributed by atoms with Crippen LogP contribution in [0.5, 0.6) is 5.75 Å². The summed E-state index contributed by atoms with van der Waals surface area (Å²) in [5, 5.41) is 11.7. The molecule has 2 rings (SSSR count). The second-order valence-corrected chi connectivity index (χ2v) is 4.54. The van der Waals surface area contributed by atoms with Crippen molar-refractivity contribution >= 4 is 16.7 Å². The van der Waals surface area contributed by atoms with E-state index in [4.69, 9.17) is 4.74 Å². The molecule has 0 atom stereocenters. The van der Waals surface area contributed by atoms with Crippen molar-refractivity contribution in [3.05, 3.63) is 40.5 Å². The zero-order chi connectivity index (χ0) is 13.4. The summed E-state index contributed by atoms with van der Waals surface area (Å²) in [6, 6.07) is 5.40. The summed E-state index contributed by atoms with van der Waals surface area (Å²) in [6.45, 7) is 5.87. The summed E-state index contributed by atoms with van der Waals surface area (Å²) in [5.41, 5.74) is 3.48. The van der Waals surface area contributed by atoms with Crippen LogP contribution in [-0.4, -0.2) is 18.2 Å². The van der Waals surface area contributed by atoms with Crippen molar-refractivity contribution in [2.75, 3.05) is 7.11 Å². The molecule has 0 heterocycles. The van der Waals surface area contributed by atoms with E-state index in [1.54, 1.807) is 0 Å². The number of hydrogen-bond donors (Lipinski definition) is 1. The van der Waals surface area contributed by atoms with Gasteiger partial charge in [0, 0.05) is 5.39 Å². The second kappa shape index (κ2) is 4.33. The van der Waals surface area contributed by atoms with Gasteiger partial charge < -0.3 is 9.84 Å². The highest BCUT2D eigenvalue weighted by atomic mass is 16.5. The van der Waals surface area contributed by atoms with Gasteiger partial charge >= 0.3 is 5.97 Å². The number of phenolic OH excluding ortho intramolecular Hbond substituents is 1. The summed E-state index contributed by atoms with van der Waals surface area (Å²) in [6.07, 6.45) is 0. The van der Waals surface area contributed by atoms with E-state index in [1.807, 2.05) is 32.9 Å². The first-order valence-corrected chi connectivity index (χ1v) is 5.77. The molecule has 1 N–H and O–H groups in total. The smallest absolute Gasteiger partial charge is 0.338 e. The first-order valence-electron chi connectivity index (χ1n) is 5.77. The standard InChI is InChI=1S/C15H16O3/c1-8-5-11-10(3)12(15(17)18-4)7-14(16)13(11)6-9(8)2/h5-7,16H,1-4H3. The molecule has 0 bridgehead atoms. The van der Waals surface area contributed by atoms with Crippen molar-refractivity contribution in [2.45, 2.75) is 20.8 Å². The molecule has 0 saturated heterocycles. The lowest BCUT2D eigenvalue weighted by Crippen LogP contribution is -2.04. The number of carbonyl (C=O) groups is 1. The number of aryl methyl sites for hydroxylation is 3. The number of carbonyl (C=O) groups excluding carboxylic acids is 1. The van der Waals surface area contributed by atoms with Gasteiger partial charge in [0.25, 0.3) is 0 Å². The maximum Gasteiger partial charge on any atom is 0.338 e. The Bertz CT molecular complexity index is 642. The minimum Gasteiger partial charge on any atom is -0.507 e. The van der Waals surface area contributed by atoms with E-state index in [0.29, 0.717) is 5.56 Å². The van der Waals surface area contributed by atoms with Crippen LogP contribution in [0.25, 0.3) is 10.8 Å². The van der Waals surface area contributed by atoms with E-state index in [1.165, 1.54) is 13.2 Å². The van der Waals surface area contributed by atoms with Crippen molar-refractivity contribution in [1.82, 2.24) is 0 Å². The van der Waals surface area contributed by atoms with E-state index < -0.39 is 5.97 Å². The number of phenols is 1. The molecular weight excluding hydrogens is 228 g/mol. The van der Waals surface area contributed by atoms with Crippen molar-refractivity contribution in [2.24, 2.45) is 0 Å². The normalized spacial score (nSPS) is 10.7. The Hall–Kier alpha value is -2.03. The number of methoxy groups -OCH3 is 1. The average Bonchev–Trinajstić information content (AvgIpc) is 2.35. The van der Waals surface area contributed by atoms with Crippen LogP contribution in [0.2, 0.25) is 0 Å². The fourth-order valence-electron chi connectivity index (χ4n) is 2.13. The summed E-state index contributed by atoms with van der Waals surface area (Å²) in [4.78, 5) is 11.6. The highest BCUT2D eigenvalue weighted by molar-refractivity contribution is 6.01. The topological polar surface area (TPSA) is 46.5 Å². The van der Waals surface area contributed by atoms with E-state index >= 15 is 0 Å². The molecule has 0 aromatic heterocycles. The molecule has 3 heteroatoms. The molecule has 0 spiro atoms. The molecule has 3 nitrogen and oxygen atoms in total. The van der Waals surface area contributed by atoms with E-state index in [-0.39, 0.29) is 5.75 Å². The Balaban J connectivity index is 2.85. The third kappa shape index (κ3) is 1.82. The minimum absolute atomic E-state index is 0.110. The molecule has 0 amide bonds. The summed E-state index contributed by atoms with van der Waals surface area (Å²) < 4.78 is 4.72. The number of fused-ring (bicyclic) bond motifs is 1. The van der Waals surface area contributed by atoms with Crippen LogP contribution in [-0.2, 0) is 4.74 Å². The molecule has 0 fully saturated rings. The van der Waals surface area contributed by atoms with Gasteiger partial charge in [0.2, 0.25) is 0 Å². The third-order valence-corrected chi connectivity index (χ3v) is 3.40. The van der Waals surface area contributed by atoms with Gasteiger partial charge in [0.1, 0.15) is 5.75 Å². The predicted molar refractivity (Wildman–Crippen MR) is 71.2 cm³/mol. The Morgan fingerprint density at radius 2 is 1.61 bits per heavy atom. The highest BCUT2D eigenvalue weighted by Crippen LogP contribution is 2.32. The molecule has 0 radical (unpaired) electrons. The first-order chi connectivity index (χ1) is 8.45. The molecule has 0 aliphatic carbocycles. The average molecular weight is 244 g/mol. The van der Waals surface area contributed by atoms with E-state index in [2.05, 4.69) is 0 Å². The van der Waals surface area contributed by atoms with Crippen molar-refractivity contribution in [3.8, 4) is 5.75 Å². The van der Waals surface area contributed by atoms with Gasteiger partial charge in [-0.05, 0) is 55.0 Å². The van der Waals surface area contributed by atoms with Crippen molar-refractivity contribution in [3.63, 3.8) is 0 Å². The van der Waals surface area contributed by atoms with Gasteiger partial charge in [0.05, 0.1) is 12.7 Å². The molecule has 0 unspecified atom stereocenters. The number of esters is 1. The fraction of sp³-hybridized carbons (Fsp3) is 0.267. The third-order valence-electron chi connectivity index (χ3n) is 3.40. The first kappa shape index (κ1) is 12.4. The monoisotopic (exact) mass is 244 g/mol. The number of ether oxygens (including phenoxy) is 1. The van der Waals surface area contributed by atoms with Gasteiger partial charge in [-0.2, -0.15) is 0 Å². The molecule has 18 heavy (non-hydrogen) atoms. The second-order valence-electron chi connectivity index (χ2n) is 4.54. The Morgan fingerprint density at radius 3 is 2.17 bits per heavy atom. The van der Waals surface area contributed by atoms with Gasteiger partial charge in [0.15, 0.2) is 0 Å². The lowest BCUT2D eigenvalue weighted by molar-refractivity contribution is 0.0599. The van der Waals surface area contributed by atoms with Gasteiger partial charge in [-0.25, -0.2) is 4.79 Å². The summed E-state index contributed by atoms with van der Waals surface area (Å²) in [7, 11) is 1.34. The zero-order valence-corrected chi connectivity index (χ0v) is 11.0. The molecule has 0 aliphatic heterocycles. The van der Waals surface area contributed by atoms with Crippen LogP contribution in [0.3, 0.4) is 0 Å². The van der Waals surface area contributed by atoms with Crippen LogP contribution >= 0.6 is 0 Å². The van der Waals surface area contributed by atoms with Gasteiger partial charge in [-0.1, -0.05) is 6.07 Å². The molecular formula is C15H16O3. The summed E-state index contributed by atoms with van der Waals surface area (Å²) in [5.74, 6) is -0.318. The quantitative estimate of drug-likeness (QED) is 0.783. The van der Waals surface area contributed by atoms with Crippen LogP contribution in [0, 0.1) is 20.8 Å². The number of rotatable bonds is 1. The van der Waals surface area contributed by atoms with Crippen LogP contribution in [0.15, 0.2) is 18.2 Å². The lowest BCUT2D eigenvalue weighted by Gasteiger charge is -2.12. The largest absolute Gasteiger partial charge is 0.507 e. The molecule has 0 saturated carbocycles. The molecule has 2 aromatic carbocycles. The maximum absolute atomic E-state index is 11.6. The Kier molecular flexibility index (Phi) is 2.99. The Labute approximate surface area is 106 Å². The SMILES string of the molecule is COC(=O)c1cc(O)c2cc(C)c(C)cc2c1C. The van der Waals surface area contributed by atoms with Gasteiger partial charge in [-0.3, -0.25) is 0 Å². The predicted octanol–water partition coefficient (Wildman–Crippen LogP) is 3.26. The zero-order valence-electron chi connectivity index (χ0n) is 11.0. The van der Waals surface area contributed by atoms with Crippen LogP contribution in [0.1, 0.15) is 27.0 Å². The fourth-order valence-corrected chi connectivity index (χ4v) is 2.13. The van der Waals surface area contributed by atoms with E-state index in [9.17, 15) is 9.90 Å². The van der Waals surface area contributed by atoms with Crippen LogP contribution < -0.4 is 0 Å². The number of hydrogen-bond acceptors (Lipinski definition) is 3. The molecule has 0 aliphatic rings. The van der Waals surface area contributed by atoms with Crippen molar-refractivity contribution in [1.29, 1.82) is 0 Å². The highest BCUT2D eigenvalue weighted by Gasteiger charge is 2.15. The number of benzene rings is 2. The lowest BCUT2D eigenvalue weighted by atomic mass is 9.95. The van der Waals surface area contributed by atoms with Crippen LogP contribution in [0.4, 0.5) is 0 Å². The molecule has 2 aromatic rings. The molecule has 94 valence electrons.